The summed E-state index contributed by atoms with van der Waals surface area (Å²) in [7, 11) is 2.18. The van der Waals surface area contributed by atoms with Crippen LogP contribution in [0.3, 0.4) is 0 Å². The average molecular weight is 333 g/mol. The van der Waals surface area contributed by atoms with Gasteiger partial charge in [-0.3, -0.25) is 0 Å². The predicted molar refractivity (Wildman–Crippen MR) is 108 cm³/mol. The largest absolute Gasteiger partial charge is 0.220 e. The third-order valence-corrected chi connectivity index (χ3v) is 4.98. The van der Waals surface area contributed by atoms with Crippen LogP contribution >= 0.6 is 0 Å². The second-order valence-corrected chi connectivity index (χ2v) is 8.67. The Bertz CT molecular complexity index is 942. The van der Waals surface area contributed by atoms with Crippen molar-refractivity contribution in [1.82, 2.24) is 0 Å². The molecule has 1 heteroatoms. The SMILES string of the molecule is Cc1ccc(C)c(-c2c3ccc(CC(C)(C)C)cc3cc(C)[n+]2C)c1. The first-order valence-corrected chi connectivity index (χ1v) is 9.15. The van der Waals surface area contributed by atoms with Crippen molar-refractivity contribution < 1.29 is 4.57 Å². The van der Waals surface area contributed by atoms with Crippen molar-refractivity contribution in [2.45, 2.75) is 48.0 Å². The third-order valence-electron chi connectivity index (χ3n) is 4.98. The molecular weight excluding hydrogens is 302 g/mol. The predicted octanol–water partition coefficient (Wildman–Crippen LogP) is 5.85. The molecule has 0 aliphatic carbocycles. The summed E-state index contributed by atoms with van der Waals surface area (Å²) < 4.78 is 2.33. The van der Waals surface area contributed by atoms with Crippen molar-refractivity contribution in [1.29, 1.82) is 0 Å². The van der Waals surface area contributed by atoms with E-state index in [9.17, 15) is 0 Å². The molecule has 0 atom stereocenters. The molecule has 3 rings (SSSR count). The lowest BCUT2D eigenvalue weighted by atomic mass is 9.87. The topological polar surface area (TPSA) is 3.88 Å². The first-order valence-electron chi connectivity index (χ1n) is 9.15. The second-order valence-electron chi connectivity index (χ2n) is 8.67. The lowest BCUT2D eigenvalue weighted by Gasteiger charge is -2.18. The lowest BCUT2D eigenvalue weighted by Crippen LogP contribution is -2.35. The van der Waals surface area contributed by atoms with E-state index in [1.165, 1.54) is 44.4 Å². The van der Waals surface area contributed by atoms with E-state index in [0.717, 1.165) is 6.42 Å². The van der Waals surface area contributed by atoms with Crippen molar-refractivity contribution in [3.05, 3.63) is 64.8 Å². The zero-order chi connectivity index (χ0) is 18.4. The van der Waals surface area contributed by atoms with Gasteiger partial charge >= 0.3 is 0 Å². The summed E-state index contributed by atoms with van der Waals surface area (Å²) >= 11 is 0. The van der Waals surface area contributed by atoms with Crippen molar-refractivity contribution in [3.63, 3.8) is 0 Å². The van der Waals surface area contributed by atoms with Gasteiger partial charge in [-0.25, -0.2) is 0 Å². The van der Waals surface area contributed by atoms with E-state index in [2.05, 4.69) is 95.6 Å². The molecule has 0 radical (unpaired) electrons. The number of aromatic nitrogens is 1. The highest BCUT2D eigenvalue weighted by molar-refractivity contribution is 5.94. The minimum atomic E-state index is 0.304. The van der Waals surface area contributed by atoms with E-state index in [1.54, 1.807) is 0 Å². The maximum Gasteiger partial charge on any atom is 0.220 e. The Labute approximate surface area is 152 Å². The third kappa shape index (κ3) is 3.61. The number of aryl methyl sites for hydroxylation is 3. The molecule has 0 saturated heterocycles. The van der Waals surface area contributed by atoms with Crippen molar-refractivity contribution >= 4 is 10.8 Å². The molecule has 1 aromatic heterocycles. The van der Waals surface area contributed by atoms with E-state index in [0.29, 0.717) is 5.41 Å². The zero-order valence-electron chi connectivity index (χ0n) is 16.7. The molecule has 0 fully saturated rings. The van der Waals surface area contributed by atoms with E-state index in [1.807, 2.05) is 0 Å². The number of pyridine rings is 1. The van der Waals surface area contributed by atoms with Gasteiger partial charge in [-0.05, 0) is 54.3 Å². The van der Waals surface area contributed by atoms with Crippen LogP contribution in [0.4, 0.5) is 0 Å². The van der Waals surface area contributed by atoms with Crippen LogP contribution in [0.15, 0.2) is 42.5 Å². The molecule has 0 aliphatic rings. The molecule has 0 spiro atoms. The number of rotatable bonds is 2. The van der Waals surface area contributed by atoms with Gasteiger partial charge in [-0.2, -0.15) is 4.57 Å². The smallest absolute Gasteiger partial charge is 0.198 e. The lowest BCUT2D eigenvalue weighted by molar-refractivity contribution is -0.665. The maximum atomic E-state index is 2.38. The average Bonchev–Trinajstić information content (AvgIpc) is 2.50. The van der Waals surface area contributed by atoms with Gasteiger partial charge in [0.15, 0.2) is 5.69 Å². The molecule has 0 amide bonds. The molecule has 1 nitrogen and oxygen atoms in total. The van der Waals surface area contributed by atoms with Crippen molar-refractivity contribution in [2.75, 3.05) is 0 Å². The first kappa shape index (κ1) is 17.7. The second kappa shape index (κ2) is 6.29. The molecule has 3 aromatic rings. The molecule has 25 heavy (non-hydrogen) atoms. The molecule has 2 aromatic carbocycles. The highest BCUT2D eigenvalue weighted by Gasteiger charge is 2.20. The Morgan fingerprint density at radius 2 is 1.60 bits per heavy atom. The van der Waals surface area contributed by atoms with Crippen LogP contribution in [0.1, 0.15) is 43.2 Å². The summed E-state index contributed by atoms with van der Waals surface area (Å²) in [5, 5.41) is 2.67. The van der Waals surface area contributed by atoms with Crippen LogP contribution in [0.25, 0.3) is 22.0 Å². The van der Waals surface area contributed by atoms with Crippen LogP contribution in [0, 0.1) is 26.2 Å². The van der Waals surface area contributed by atoms with Crippen LogP contribution in [0.5, 0.6) is 0 Å². The highest BCUT2D eigenvalue weighted by atomic mass is 14.9. The van der Waals surface area contributed by atoms with Crippen molar-refractivity contribution in [3.8, 4) is 11.3 Å². The van der Waals surface area contributed by atoms with Gasteiger partial charge in [0.05, 0.1) is 5.39 Å². The summed E-state index contributed by atoms with van der Waals surface area (Å²) in [6.45, 7) is 13.5. The molecule has 0 aliphatic heterocycles. The van der Waals surface area contributed by atoms with E-state index in [4.69, 9.17) is 0 Å². The molecule has 1 heterocycles. The van der Waals surface area contributed by atoms with Gasteiger partial charge in [-0.15, -0.1) is 0 Å². The molecule has 0 unspecified atom stereocenters. The van der Waals surface area contributed by atoms with Crippen LogP contribution in [-0.4, -0.2) is 0 Å². The fraction of sp³-hybridized carbons (Fsp3) is 0.375. The van der Waals surface area contributed by atoms with Gasteiger partial charge < -0.3 is 0 Å². The summed E-state index contributed by atoms with van der Waals surface area (Å²) in [6, 6.07) is 16.0. The minimum absolute atomic E-state index is 0.304. The van der Waals surface area contributed by atoms with Crippen LogP contribution in [-0.2, 0) is 13.5 Å². The maximum absolute atomic E-state index is 2.38. The van der Waals surface area contributed by atoms with Crippen LogP contribution < -0.4 is 4.57 Å². The number of benzene rings is 2. The van der Waals surface area contributed by atoms with E-state index < -0.39 is 0 Å². The molecule has 0 saturated carbocycles. The number of hydrogen-bond acceptors (Lipinski definition) is 0. The summed E-state index contributed by atoms with van der Waals surface area (Å²) in [4.78, 5) is 0. The Morgan fingerprint density at radius 3 is 2.28 bits per heavy atom. The first-order chi connectivity index (χ1) is 11.7. The number of fused-ring (bicyclic) bond motifs is 1. The minimum Gasteiger partial charge on any atom is -0.198 e. The number of nitrogens with zero attached hydrogens (tertiary/aromatic N) is 1. The van der Waals surface area contributed by atoms with Crippen molar-refractivity contribution in [2.24, 2.45) is 12.5 Å². The molecule has 130 valence electrons. The summed E-state index contributed by atoms with van der Waals surface area (Å²) in [6.07, 6.45) is 1.10. The normalized spacial score (nSPS) is 12.0. The van der Waals surface area contributed by atoms with Gasteiger partial charge in [0, 0.05) is 18.6 Å². The molecular formula is C24H30N+. The fourth-order valence-electron chi connectivity index (χ4n) is 3.67. The highest BCUT2D eigenvalue weighted by Crippen LogP contribution is 2.31. The summed E-state index contributed by atoms with van der Waals surface area (Å²) in [5.74, 6) is 0. The van der Waals surface area contributed by atoms with Gasteiger partial charge in [-0.1, -0.05) is 50.6 Å². The van der Waals surface area contributed by atoms with E-state index >= 15 is 0 Å². The summed E-state index contributed by atoms with van der Waals surface area (Å²) in [5.41, 5.74) is 8.29. The van der Waals surface area contributed by atoms with Gasteiger partial charge in [0.25, 0.3) is 0 Å². The van der Waals surface area contributed by atoms with Crippen LogP contribution in [0.2, 0.25) is 0 Å². The monoisotopic (exact) mass is 332 g/mol. The fourth-order valence-corrected chi connectivity index (χ4v) is 3.67. The van der Waals surface area contributed by atoms with Gasteiger partial charge in [0.1, 0.15) is 7.05 Å². The van der Waals surface area contributed by atoms with E-state index in [-0.39, 0.29) is 0 Å². The van der Waals surface area contributed by atoms with Gasteiger partial charge in [0.2, 0.25) is 5.69 Å². The Balaban J connectivity index is 2.28. The zero-order valence-corrected chi connectivity index (χ0v) is 16.7. The molecule has 0 bridgehead atoms. The quantitative estimate of drug-likeness (QED) is 0.519. The Morgan fingerprint density at radius 1 is 0.880 bits per heavy atom. The number of hydrogen-bond donors (Lipinski definition) is 0. The molecule has 0 N–H and O–H groups in total. The Hall–Kier alpha value is -2.15. The standard InChI is InChI=1S/C24H30N/c1-16-8-9-17(2)22(12-16)23-21-11-10-19(15-24(4,5)6)14-20(21)13-18(3)25(23)7/h8-14H,15H2,1-7H3/q+1. The Kier molecular flexibility index (Phi) is 4.45.